The number of ether oxygens (including phenoxy) is 2. The smallest absolute Gasteiger partial charge is 0.226 e. The minimum Gasteiger partial charge on any atom is -0.377 e. The Bertz CT molecular complexity index is 781. The van der Waals surface area contributed by atoms with E-state index in [1.54, 1.807) is 0 Å². The van der Waals surface area contributed by atoms with Crippen LogP contribution in [0, 0.1) is 5.92 Å². The predicted molar refractivity (Wildman–Crippen MR) is 121 cm³/mol. The van der Waals surface area contributed by atoms with Gasteiger partial charge in [0.25, 0.3) is 0 Å². The van der Waals surface area contributed by atoms with Crippen molar-refractivity contribution in [3.05, 3.63) is 48.2 Å². The molecule has 2 saturated carbocycles. The molecule has 0 aromatic heterocycles. The van der Waals surface area contributed by atoms with E-state index in [0.717, 1.165) is 50.8 Å². The van der Waals surface area contributed by atoms with Gasteiger partial charge in [-0.05, 0) is 62.8 Å². The van der Waals surface area contributed by atoms with Gasteiger partial charge in [-0.3, -0.25) is 4.79 Å². The molecular formula is C26H36N2O3. The molecule has 2 saturated heterocycles. The molecule has 1 aromatic carbocycles. The molecule has 4 fully saturated rings. The van der Waals surface area contributed by atoms with Gasteiger partial charge in [-0.1, -0.05) is 36.9 Å². The summed E-state index contributed by atoms with van der Waals surface area (Å²) in [5, 5.41) is 3.65. The normalized spacial score (nSPS) is 33.9. The van der Waals surface area contributed by atoms with Gasteiger partial charge in [0.15, 0.2) is 0 Å². The van der Waals surface area contributed by atoms with Crippen molar-refractivity contribution >= 4 is 5.91 Å². The lowest BCUT2D eigenvalue weighted by Gasteiger charge is -2.52. The predicted octanol–water partition coefficient (Wildman–Crippen LogP) is 4.00. The monoisotopic (exact) mass is 424 g/mol. The van der Waals surface area contributed by atoms with Crippen LogP contribution in [0.1, 0.15) is 62.8 Å². The van der Waals surface area contributed by atoms with E-state index >= 15 is 0 Å². The summed E-state index contributed by atoms with van der Waals surface area (Å²) in [6.45, 7) is 6.71. The third kappa shape index (κ3) is 4.54. The molecule has 5 rings (SSSR count). The fraction of sp³-hybridized carbons (Fsp3) is 0.654. The zero-order valence-electron chi connectivity index (χ0n) is 18.6. The zero-order chi connectivity index (χ0) is 21.3. The van der Waals surface area contributed by atoms with Gasteiger partial charge in [-0.2, -0.15) is 0 Å². The highest BCUT2D eigenvalue weighted by Crippen LogP contribution is 2.39. The van der Waals surface area contributed by atoms with Crippen LogP contribution in [0.5, 0.6) is 0 Å². The van der Waals surface area contributed by atoms with Crippen molar-refractivity contribution < 1.29 is 14.3 Å². The SMILES string of the molecule is C=C1COCC2(CCCN(C(=O)C3CC3)C2COC2CCC(c3ccccc3)CC2)N1. The first-order chi connectivity index (χ1) is 15.1. The summed E-state index contributed by atoms with van der Waals surface area (Å²) in [7, 11) is 0. The number of piperidine rings is 1. The first kappa shape index (κ1) is 21.0. The minimum atomic E-state index is -0.265. The van der Waals surface area contributed by atoms with Crippen molar-refractivity contribution in [2.75, 3.05) is 26.4 Å². The molecule has 0 bridgehead atoms. The van der Waals surface area contributed by atoms with Crippen LogP contribution in [-0.2, 0) is 14.3 Å². The average molecular weight is 425 g/mol. The zero-order valence-corrected chi connectivity index (χ0v) is 18.6. The lowest BCUT2D eigenvalue weighted by molar-refractivity contribution is -0.147. The van der Waals surface area contributed by atoms with Crippen LogP contribution in [-0.4, -0.2) is 54.9 Å². The summed E-state index contributed by atoms with van der Waals surface area (Å²) in [6, 6.07) is 10.9. The largest absolute Gasteiger partial charge is 0.377 e. The second-order valence-electron chi connectivity index (χ2n) is 10.0. The average Bonchev–Trinajstić information content (AvgIpc) is 3.64. The number of nitrogens with zero attached hydrogens (tertiary/aromatic N) is 1. The van der Waals surface area contributed by atoms with Gasteiger partial charge in [0.05, 0.1) is 37.5 Å². The van der Waals surface area contributed by atoms with Gasteiger partial charge in [-0.15, -0.1) is 0 Å². The lowest BCUT2D eigenvalue weighted by atomic mass is 9.80. The highest BCUT2D eigenvalue weighted by Gasteiger charge is 2.50. The Morgan fingerprint density at radius 3 is 2.65 bits per heavy atom. The molecule has 4 aliphatic rings. The summed E-state index contributed by atoms with van der Waals surface area (Å²) in [4.78, 5) is 15.2. The van der Waals surface area contributed by atoms with Gasteiger partial charge in [0.1, 0.15) is 0 Å². The second kappa shape index (κ2) is 8.95. The molecular weight excluding hydrogens is 388 g/mol. The summed E-state index contributed by atoms with van der Waals surface area (Å²) < 4.78 is 12.4. The third-order valence-electron chi connectivity index (χ3n) is 7.74. The van der Waals surface area contributed by atoms with Crippen LogP contribution >= 0.6 is 0 Å². The standard InChI is InChI=1S/C26H36N2O3/c1-19-16-30-18-26(27-19)14-5-15-28(25(29)22-8-9-22)24(26)17-31-23-12-10-21(11-13-23)20-6-3-2-4-7-20/h2-4,6-7,21-24,27H,1,5,8-18H2. The van der Waals surface area contributed by atoms with Gasteiger partial charge < -0.3 is 19.7 Å². The van der Waals surface area contributed by atoms with E-state index in [2.05, 4.69) is 47.1 Å². The van der Waals surface area contributed by atoms with Gasteiger partial charge >= 0.3 is 0 Å². The highest BCUT2D eigenvalue weighted by atomic mass is 16.5. The number of likely N-dealkylation sites (tertiary alicyclic amines) is 1. The van der Waals surface area contributed by atoms with Crippen LogP contribution in [0.4, 0.5) is 0 Å². The van der Waals surface area contributed by atoms with Gasteiger partial charge in [0, 0.05) is 18.2 Å². The van der Waals surface area contributed by atoms with E-state index in [1.807, 2.05) is 0 Å². The summed E-state index contributed by atoms with van der Waals surface area (Å²) >= 11 is 0. The molecule has 5 heteroatoms. The van der Waals surface area contributed by atoms with Crippen LogP contribution in [0.25, 0.3) is 0 Å². The molecule has 1 amide bonds. The number of carbonyl (C=O) groups is 1. The molecule has 1 aromatic rings. The number of hydrogen-bond donors (Lipinski definition) is 1. The van der Waals surface area contributed by atoms with Gasteiger partial charge in [0.2, 0.25) is 5.91 Å². The third-order valence-corrected chi connectivity index (χ3v) is 7.74. The number of benzene rings is 1. The molecule has 2 unspecified atom stereocenters. The number of nitrogens with one attached hydrogen (secondary N) is 1. The molecule has 1 spiro atoms. The van der Waals surface area contributed by atoms with Gasteiger partial charge in [-0.25, -0.2) is 0 Å². The second-order valence-corrected chi connectivity index (χ2v) is 10.0. The lowest BCUT2D eigenvalue weighted by Crippen LogP contribution is -2.70. The van der Waals surface area contributed by atoms with E-state index in [-0.39, 0.29) is 23.6 Å². The number of carbonyl (C=O) groups excluding carboxylic acids is 1. The molecule has 1 N–H and O–H groups in total. The van der Waals surface area contributed by atoms with Crippen LogP contribution in [0.2, 0.25) is 0 Å². The summed E-state index contributed by atoms with van der Waals surface area (Å²) in [5.41, 5.74) is 2.11. The topological polar surface area (TPSA) is 50.8 Å². The Hall–Kier alpha value is -1.85. The van der Waals surface area contributed by atoms with E-state index in [0.29, 0.717) is 31.6 Å². The highest BCUT2D eigenvalue weighted by molar-refractivity contribution is 5.81. The molecule has 0 radical (unpaired) electrons. The Morgan fingerprint density at radius 2 is 1.94 bits per heavy atom. The summed E-state index contributed by atoms with van der Waals surface area (Å²) in [6.07, 6.45) is 8.88. The van der Waals surface area contributed by atoms with Crippen LogP contribution in [0.3, 0.4) is 0 Å². The van der Waals surface area contributed by atoms with E-state index in [4.69, 9.17) is 9.47 Å². The molecule has 2 heterocycles. The summed E-state index contributed by atoms with van der Waals surface area (Å²) in [5.74, 6) is 1.19. The fourth-order valence-corrected chi connectivity index (χ4v) is 5.87. The van der Waals surface area contributed by atoms with Crippen LogP contribution < -0.4 is 5.32 Å². The molecule has 5 nitrogen and oxygen atoms in total. The van der Waals surface area contributed by atoms with Crippen molar-refractivity contribution in [2.24, 2.45) is 5.92 Å². The number of amides is 1. The maximum Gasteiger partial charge on any atom is 0.226 e. The Labute approximate surface area is 186 Å². The van der Waals surface area contributed by atoms with Crippen molar-refractivity contribution in [2.45, 2.75) is 75.0 Å². The first-order valence-electron chi connectivity index (χ1n) is 12.2. The van der Waals surface area contributed by atoms with Crippen molar-refractivity contribution in [3.8, 4) is 0 Å². The number of morpholine rings is 1. The first-order valence-corrected chi connectivity index (χ1v) is 12.2. The maximum absolute atomic E-state index is 13.1. The molecule has 168 valence electrons. The minimum absolute atomic E-state index is 0.0123. The van der Waals surface area contributed by atoms with E-state index in [1.165, 1.54) is 18.4 Å². The quantitative estimate of drug-likeness (QED) is 0.776. The van der Waals surface area contributed by atoms with Crippen molar-refractivity contribution in [1.29, 1.82) is 0 Å². The Kier molecular flexibility index (Phi) is 6.07. The Balaban J connectivity index is 1.24. The van der Waals surface area contributed by atoms with Crippen LogP contribution in [0.15, 0.2) is 42.6 Å². The maximum atomic E-state index is 13.1. The fourth-order valence-electron chi connectivity index (χ4n) is 5.87. The molecule has 31 heavy (non-hydrogen) atoms. The molecule has 2 atom stereocenters. The number of rotatable bonds is 5. The van der Waals surface area contributed by atoms with E-state index < -0.39 is 0 Å². The van der Waals surface area contributed by atoms with E-state index in [9.17, 15) is 4.79 Å². The number of hydrogen-bond acceptors (Lipinski definition) is 4. The molecule has 2 aliphatic heterocycles. The van der Waals surface area contributed by atoms with Crippen molar-refractivity contribution in [1.82, 2.24) is 10.2 Å². The molecule has 2 aliphatic carbocycles. The van der Waals surface area contributed by atoms with Crippen molar-refractivity contribution in [3.63, 3.8) is 0 Å². The Morgan fingerprint density at radius 1 is 1.16 bits per heavy atom.